The van der Waals surface area contributed by atoms with E-state index in [0.717, 1.165) is 0 Å². The van der Waals surface area contributed by atoms with Gasteiger partial charge in [-0.15, -0.1) is 5.10 Å². The molecule has 0 bridgehead atoms. The van der Waals surface area contributed by atoms with Crippen LogP contribution in [0.15, 0.2) is 5.10 Å². The Kier molecular flexibility index (Phi) is 1.08. The Balaban J connectivity index is 2.55. The molecule has 0 aromatic heterocycles. The number of hydrazone groups is 1. The maximum Gasteiger partial charge on any atom is 0.306 e. The second-order valence-electron chi connectivity index (χ2n) is 2.09. The van der Waals surface area contributed by atoms with Crippen LogP contribution in [0.25, 0.3) is 0 Å². The third-order valence-electron chi connectivity index (χ3n) is 0.752. The van der Waals surface area contributed by atoms with Crippen molar-refractivity contribution in [3.63, 3.8) is 0 Å². The summed E-state index contributed by atoms with van der Waals surface area (Å²) in [5.41, 5.74) is 2.26. The van der Waals surface area contributed by atoms with E-state index in [2.05, 4.69) is 10.5 Å². The molecule has 46 valence electrons. The van der Waals surface area contributed by atoms with Crippen molar-refractivity contribution in [3.8, 4) is 0 Å². The molecule has 1 aliphatic rings. The summed E-state index contributed by atoms with van der Waals surface area (Å²) in [5, 5.41) is 3.77. The molecule has 0 spiro atoms. The van der Waals surface area contributed by atoms with Crippen LogP contribution < -0.4 is 5.43 Å². The molecule has 0 saturated heterocycles. The smallest absolute Gasteiger partial charge is 0.306 e. The van der Waals surface area contributed by atoms with Crippen LogP contribution in [0.3, 0.4) is 0 Å². The minimum absolute atomic E-state index is 0.176. The van der Waals surface area contributed by atoms with Gasteiger partial charge in [0.25, 0.3) is 0 Å². The maximum absolute atomic E-state index is 5.36. The molecule has 4 heteroatoms. The van der Waals surface area contributed by atoms with E-state index >= 15 is 0 Å². The molecule has 0 atom stereocenters. The molecule has 1 N–H and O–H groups in total. The van der Waals surface area contributed by atoms with E-state index in [4.69, 9.17) is 16.3 Å². The topological polar surface area (TPSA) is 33.6 Å². The molecule has 0 saturated carbocycles. The Morgan fingerprint density at radius 2 is 2.38 bits per heavy atom. The minimum atomic E-state index is -0.420. The van der Waals surface area contributed by atoms with Gasteiger partial charge >= 0.3 is 5.36 Å². The molecule has 1 heterocycles. The first-order chi connectivity index (χ1) is 3.60. The summed E-state index contributed by atoms with van der Waals surface area (Å²) in [7, 11) is 0. The van der Waals surface area contributed by atoms with E-state index in [0.29, 0.717) is 0 Å². The van der Waals surface area contributed by atoms with Gasteiger partial charge in [0.05, 0.1) is 0 Å². The Labute approximate surface area is 52.7 Å². The third kappa shape index (κ3) is 1.04. The lowest BCUT2D eigenvalue weighted by Gasteiger charge is -2.15. The van der Waals surface area contributed by atoms with Crippen LogP contribution in [-0.2, 0) is 4.74 Å². The van der Waals surface area contributed by atoms with Gasteiger partial charge in [-0.2, -0.15) is 0 Å². The number of nitrogens with one attached hydrogen (secondary N) is 1. The second-order valence-corrected chi connectivity index (χ2v) is 2.41. The van der Waals surface area contributed by atoms with Gasteiger partial charge in [-0.3, -0.25) is 5.43 Å². The fraction of sp³-hybridized carbons (Fsp3) is 0.750. The molecule has 0 aromatic carbocycles. The van der Waals surface area contributed by atoms with Crippen molar-refractivity contribution < 1.29 is 4.74 Å². The van der Waals surface area contributed by atoms with E-state index in [1.54, 1.807) is 0 Å². The lowest BCUT2D eigenvalue weighted by Crippen LogP contribution is -2.32. The Morgan fingerprint density at radius 1 is 1.75 bits per heavy atom. The van der Waals surface area contributed by atoms with Crippen molar-refractivity contribution in [2.24, 2.45) is 5.10 Å². The monoisotopic (exact) mass is 134 g/mol. The van der Waals surface area contributed by atoms with Crippen molar-refractivity contribution in [3.05, 3.63) is 0 Å². The zero-order chi connectivity index (χ0) is 6.20. The molecular weight excluding hydrogens is 128 g/mol. The maximum atomic E-state index is 5.36. The standard InChI is InChI=1S/C4H7ClN2O/c1-4(2)7-6-3(5)8-4/h7H,1-2H3. The molecule has 0 fully saturated rings. The van der Waals surface area contributed by atoms with Crippen LogP contribution in [0.5, 0.6) is 0 Å². The summed E-state index contributed by atoms with van der Waals surface area (Å²) in [6.07, 6.45) is 0. The predicted molar refractivity (Wildman–Crippen MR) is 31.6 cm³/mol. The lowest BCUT2D eigenvalue weighted by molar-refractivity contribution is 0.0938. The highest BCUT2D eigenvalue weighted by atomic mass is 35.5. The van der Waals surface area contributed by atoms with Crippen LogP contribution in [-0.4, -0.2) is 11.1 Å². The summed E-state index contributed by atoms with van der Waals surface area (Å²) < 4.78 is 4.95. The molecule has 0 aliphatic carbocycles. The second kappa shape index (κ2) is 1.52. The van der Waals surface area contributed by atoms with E-state index in [-0.39, 0.29) is 5.36 Å². The van der Waals surface area contributed by atoms with Crippen molar-refractivity contribution in [1.82, 2.24) is 5.43 Å². The van der Waals surface area contributed by atoms with Gasteiger partial charge < -0.3 is 4.74 Å². The molecule has 0 radical (unpaired) electrons. The van der Waals surface area contributed by atoms with E-state index < -0.39 is 5.72 Å². The zero-order valence-corrected chi connectivity index (χ0v) is 5.49. The van der Waals surface area contributed by atoms with Crippen LogP contribution in [0.2, 0.25) is 0 Å². The SMILES string of the molecule is CC1(C)NN=C(Cl)O1. The first kappa shape index (κ1) is 5.69. The predicted octanol–water partition coefficient (Wildman–Crippen LogP) is 0.852. The molecule has 0 amide bonds. The van der Waals surface area contributed by atoms with Gasteiger partial charge in [0.2, 0.25) is 0 Å². The first-order valence-corrected chi connectivity index (χ1v) is 2.67. The van der Waals surface area contributed by atoms with E-state index in [9.17, 15) is 0 Å². The van der Waals surface area contributed by atoms with Crippen molar-refractivity contribution in [2.75, 3.05) is 0 Å². The number of halogens is 1. The Hall–Kier alpha value is -0.440. The summed E-state index contributed by atoms with van der Waals surface area (Å²) in [5.74, 6) is 0. The normalized spacial score (nSPS) is 23.6. The lowest BCUT2D eigenvalue weighted by atomic mass is 10.3. The van der Waals surface area contributed by atoms with E-state index in [1.165, 1.54) is 0 Å². The molecule has 0 aromatic rings. The summed E-state index contributed by atoms with van der Waals surface area (Å²) in [6.45, 7) is 3.68. The van der Waals surface area contributed by atoms with Crippen molar-refractivity contribution in [2.45, 2.75) is 19.6 Å². The van der Waals surface area contributed by atoms with Gasteiger partial charge in [-0.1, -0.05) is 0 Å². The molecule has 8 heavy (non-hydrogen) atoms. The van der Waals surface area contributed by atoms with Gasteiger partial charge in [0.1, 0.15) is 0 Å². The van der Waals surface area contributed by atoms with Crippen LogP contribution in [0.4, 0.5) is 0 Å². The Morgan fingerprint density at radius 3 is 2.50 bits per heavy atom. The van der Waals surface area contributed by atoms with E-state index in [1.807, 2.05) is 13.8 Å². The number of hydrogen-bond donors (Lipinski definition) is 1. The van der Waals surface area contributed by atoms with Crippen LogP contribution in [0.1, 0.15) is 13.8 Å². The number of rotatable bonds is 0. The van der Waals surface area contributed by atoms with Crippen LogP contribution >= 0.6 is 11.6 Å². The van der Waals surface area contributed by atoms with Crippen molar-refractivity contribution >= 4 is 17.0 Å². The molecular formula is C4H7ClN2O. The third-order valence-corrected chi connectivity index (χ3v) is 0.914. The number of ether oxygens (including phenoxy) is 1. The number of hydrogen-bond acceptors (Lipinski definition) is 3. The fourth-order valence-electron chi connectivity index (χ4n) is 0.435. The first-order valence-electron chi connectivity index (χ1n) is 2.29. The average Bonchev–Trinajstić information content (AvgIpc) is 1.82. The highest BCUT2D eigenvalue weighted by Gasteiger charge is 2.25. The fourth-order valence-corrected chi connectivity index (χ4v) is 0.670. The average molecular weight is 135 g/mol. The number of nitrogens with zero attached hydrogens (tertiary/aromatic N) is 1. The molecule has 1 aliphatic heterocycles. The summed E-state index contributed by atoms with van der Waals surface area (Å²) >= 11 is 5.36. The van der Waals surface area contributed by atoms with Gasteiger partial charge in [0, 0.05) is 0 Å². The summed E-state index contributed by atoms with van der Waals surface area (Å²) in [4.78, 5) is 0. The molecule has 3 nitrogen and oxygen atoms in total. The quantitative estimate of drug-likeness (QED) is 0.533. The van der Waals surface area contributed by atoms with Gasteiger partial charge in [0.15, 0.2) is 5.72 Å². The highest BCUT2D eigenvalue weighted by molar-refractivity contribution is 6.63. The largest absolute Gasteiger partial charge is 0.441 e. The Bertz CT molecular complexity index is 132. The van der Waals surface area contributed by atoms with Crippen molar-refractivity contribution in [1.29, 1.82) is 0 Å². The molecule has 0 unspecified atom stereocenters. The molecule has 1 rings (SSSR count). The van der Waals surface area contributed by atoms with Gasteiger partial charge in [-0.05, 0) is 25.4 Å². The van der Waals surface area contributed by atoms with Crippen LogP contribution in [0, 0.1) is 0 Å². The summed E-state index contributed by atoms with van der Waals surface area (Å²) in [6, 6.07) is 0. The zero-order valence-electron chi connectivity index (χ0n) is 4.73. The minimum Gasteiger partial charge on any atom is -0.441 e. The van der Waals surface area contributed by atoms with Gasteiger partial charge in [-0.25, -0.2) is 0 Å². The highest BCUT2D eigenvalue weighted by Crippen LogP contribution is 2.12.